The van der Waals surface area contributed by atoms with Gasteiger partial charge in [-0.15, -0.1) is 0 Å². The molecule has 0 saturated carbocycles. The standard InChI is InChI=1S/C13H21ClN2/c1-12(2,3)9-13(4,5)16-10-6-7-15-11(14)8-10/h6-8H,9H2,1-5H3,(H,15,16). The summed E-state index contributed by atoms with van der Waals surface area (Å²) in [4.78, 5) is 3.97. The molecule has 1 aromatic heterocycles. The van der Waals surface area contributed by atoms with Gasteiger partial charge in [-0.25, -0.2) is 4.98 Å². The zero-order valence-corrected chi connectivity index (χ0v) is 11.5. The Morgan fingerprint density at radius 2 is 1.88 bits per heavy atom. The van der Waals surface area contributed by atoms with Crippen LogP contribution in [-0.4, -0.2) is 10.5 Å². The van der Waals surface area contributed by atoms with Crippen molar-refractivity contribution in [2.75, 3.05) is 5.32 Å². The van der Waals surface area contributed by atoms with Gasteiger partial charge < -0.3 is 5.32 Å². The molecule has 90 valence electrons. The fourth-order valence-corrected chi connectivity index (χ4v) is 2.41. The Morgan fingerprint density at radius 3 is 2.38 bits per heavy atom. The first kappa shape index (κ1) is 13.3. The highest BCUT2D eigenvalue weighted by Gasteiger charge is 2.25. The maximum atomic E-state index is 5.86. The molecule has 1 aromatic rings. The van der Waals surface area contributed by atoms with Crippen molar-refractivity contribution in [3.63, 3.8) is 0 Å². The van der Waals surface area contributed by atoms with Gasteiger partial charge >= 0.3 is 0 Å². The van der Waals surface area contributed by atoms with Crippen LogP contribution in [0.5, 0.6) is 0 Å². The van der Waals surface area contributed by atoms with Crippen molar-refractivity contribution in [2.45, 2.75) is 46.6 Å². The van der Waals surface area contributed by atoms with Crippen LogP contribution >= 0.6 is 11.6 Å². The first-order chi connectivity index (χ1) is 7.18. The molecule has 1 N–H and O–H groups in total. The van der Waals surface area contributed by atoms with Gasteiger partial charge in [0.1, 0.15) is 5.15 Å². The number of rotatable bonds is 3. The van der Waals surface area contributed by atoms with E-state index in [2.05, 4.69) is 44.9 Å². The van der Waals surface area contributed by atoms with E-state index in [0.717, 1.165) is 12.1 Å². The molecule has 0 amide bonds. The van der Waals surface area contributed by atoms with Gasteiger partial charge in [-0.1, -0.05) is 32.4 Å². The van der Waals surface area contributed by atoms with E-state index in [0.29, 0.717) is 10.6 Å². The molecular formula is C13H21ClN2. The number of hydrogen-bond donors (Lipinski definition) is 1. The average molecular weight is 241 g/mol. The molecule has 0 saturated heterocycles. The normalized spacial score (nSPS) is 12.6. The fourth-order valence-electron chi connectivity index (χ4n) is 2.24. The van der Waals surface area contributed by atoms with Crippen LogP contribution in [0.25, 0.3) is 0 Å². The highest BCUT2D eigenvalue weighted by Crippen LogP contribution is 2.29. The number of aromatic nitrogens is 1. The summed E-state index contributed by atoms with van der Waals surface area (Å²) in [5, 5.41) is 4.02. The lowest BCUT2D eigenvalue weighted by Crippen LogP contribution is -2.35. The van der Waals surface area contributed by atoms with Crippen molar-refractivity contribution in [3.05, 3.63) is 23.5 Å². The van der Waals surface area contributed by atoms with E-state index in [-0.39, 0.29) is 5.54 Å². The van der Waals surface area contributed by atoms with Crippen LogP contribution in [0, 0.1) is 5.41 Å². The van der Waals surface area contributed by atoms with Crippen molar-refractivity contribution in [2.24, 2.45) is 5.41 Å². The molecule has 0 spiro atoms. The molecule has 0 bridgehead atoms. The Hall–Kier alpha value is -0.760. The Labute approximate surface area is 103 Å². The number of halogens is 1. The third kappa shape index (κ3) is 4.84. The number of anilines is 1. The molecule has 1 heterocycles. The molecule has 1 rings (SSSR count). The second kappa shape index (κ2) is 4.62. The lowest BCUT2D eigenvalue weighted by atomic mass is 9.81. The number of pyridine rings is 1. The van der Waals surface area contributed by atoms with Gasteiger partial charge in [-0.3, -0.25) is 0 Å². The Morgan fingerprint density at radius 1 is 1.25 bits per heavy atom. The summed E-state index contributed by atoms with van der Waals surface area (Å²) in [5.74, 6) is 0. The highest BCUT2D eigenvalue weighted by atomic mass is 35.5. The maximum absolute atomic E-state index is 5.86. The minimum absolute atomic E-state index is 0.0446. The third-order valence-electron chi connectivity index (χ3n) is 2.18. The van der Waals surface area contributed by atoms with Crippen molar-refractivity contribution < 1.29 is 0 Å². The van der Waals surface area contributed by atoms with Crippen molar-refractivity contribution in [1.29, 1.82) is 0 Å². The topological polar surface area (TPSA) is 24.9 Å². The van der Waals surface area contributed by atoms with Crippen LogP contribution < -0.4 is 5.32 Å². The monoisotopic (exact) mass is 240 g/mol. The Bertz CT molecular complexity index is 353. The van der Waals surface area contributed by atoms with Crippen LogP contribution in [-0.2, 0) is 0 Å². The number of nitrogens with zero attached hydrogens (tertiary/aromatic N) is 1. The fraction of sp³-hybridized carbons (Fsp3) is 0.615. The van der Waals surface area contributed by atoms with Crippen LogP contribution in [0.4, 0.5) is 5.69 Å². The maximum Gasteiger partial charge on any atom is 0.131 e. The van der Waals surface area contributed by atoms with Crippen molar-refractivity contribution >= 4 is 17.3 Å². The van der Waals surface area contributed by atoms with E-state index in [1.165, 1.54) is 0 Å². The van der Waals surface area contributed by atoms with Gasteiger partial charge in [-0.05, 0) is 37.8 Å². The van der Waals surface area contributed by atoms with E-state index in [1.807, 2.05) is 12.1 Å². The van der Waals surface area contributed by atoms with Gasteiger partial charge in [0.2, 0.25) is 0 Å². The minimum atomic E-state index is 0.0446. The molecule has 0 atom stereocenters. The summed E-state index contributed by atoms with van der Waals surface area (Å²) in [7, 11) is 0. The quantitative estimate of drug-likeness (QED) is 0.794. The summed E-state index contributed by atoms with van der Waals surface area (Å²) >= 11 is 5.86. The summed E-state index contributed by atoms with van der Waals surface area (Å²) in [6.45, 7) is 11.1. The lowest BCUT2D eigenvalue weighted by molar-refractivity contribution is 0.302. The predicted octanol–water partition coefficient (Wildman–Crippen LogP) is 4.36. The third-order valence-corrected chi connectivity index (χ3v) is 2.39. The summed E-state index contributed by atoms with van der Waals surface area (Å²) in [5.41, 5.74) is 1.37. The van der Waals surface area contributed by atoms with Crippen LogP contribution in [0.2, 0.25) is 5.15 Å². The highest BCUT2D eigenvalue weighted by molar-refractivity contribution is 6.29. The van der Waals surface area contributed by atoms with E-state index in [1.54, 1.807) is 6.20 Å². The molecule has 0 aliphatic carbocycles. The second-order valence-corrected chi connectivity index (χ2v) is 6.50. The second-order valence-electron chi connectivity index (χ2n) is 6.11. The molecule has 0 radical (unpaired) electrons. The van der Waals surface area contributed by atoms with E-state index >= 15 is 0 Å². The average Bonchev–Trinajstić information content (AvgIpc) is 1.96. The van der Waals surface area contributed by atoms with E-state index < -0.39 is 0 Å². The predicted molar refractivity (Wildman–Crippen MR) is 71.0 cm³/mol. The number of hydrogen-bond acceptors (Lipinski definition) is 2. The Kier molecular flexibility index (Phi) is 3.84. The van der Waals surface area contributed by atoms with Gasteiger partial charge in [0.05, 0.1) is 0 Å². The van der Waals surface area contributed by atoms with Crippen LogP contribution in [0.15, 0.2) is 18.3 Å². The molecular weight excluding hydrogens is 220 g/mol. The summed E-state index contributed by atoms with van der Waals surface area (Å²) < 4.78 is 0. The molecule has 0 unspecified atom stereocenters. The largest absolute Gasteiger partial charge is 0.380 e. The SMILES string of the molecule is CC(C)(C)CC(C)(C)Nc1ccnc(Cl)c1. The first-order valence-corrected chi connectivity index (χ1v) is 5.96. The zero-order valence-electron chi connectivity index (χ0n) is 10.8. The molecule has 3 heteroatoms. The smallest absolute Gasteiger partial charge is 0.131 e. The van der Waals surface area contributed by atoms with Gasteiger partial charge in [0.25, 0.3) is 0 Å². The van der Waals surface area contributed by atoms with Crippen molar-refractivity contribution in [3.8, 4) is 0 Å². The number of nitrogens with one attached hydrogen (secondary N) is 1. The van der Waals surface area contributed by atoms with Crippen LogP contribution in [0.1, 0.15) is 41.0 Å². The minimum Gasteiger partial charge on any atom is -0.380 e. The molecule has 16 heavy (non-hydrogen) atoms. The van der Waals surface area contributed by atoms with E-state index in [4.69, 9.17) is 11.6 Å². The van der Waals surface area contributed by atoms with Crippen LogP contribution in [0.3, 0.4) is 0 Å². The molecule has 0 aromatic carbocycles. The summed E-state index contributed by atoms with van der Waals surface area (Å²) in [6, 6.07) is 3.79. The van der Waals surface area contributed by atoms with Gasteiger partial charge in [0.15, 0.2) is 0 Å². The molecule has 0 aliphatic rings. The Balaban J connectivity index is 2.72. The first-order valence-electron chi connectivity index (χ1n) is 5.58. The van der Waals surface area contributed by atoms with E-state index in [9.17, 15) is 0 Å². The molecule has 0 fully saturated rings. The summed E-state index contributed by atoms with van der Waals surface area (Å²) in [6.07, 6.45) is 2.80. The van der Waals surface area contributed by atoms with Gasteiger partial charge in [0, 0.05) is 17.4 Å². The van der Waals surface area contributed by atoms with Gasteiger partial charge in [-0.2, -0.15) is 0 Å². The zero-order chi connectivity index (χ0) is 12.4. The van der Waals surface area contributed by atoms with Crippen molar-refractivity contribution in [1.82, 2.24) is 4.98 Å². The molecule has 2 nitrogen and oxygen atoms in total. The lowest BCUT2D eigenvalue weighted by Gasteiger charge is -2.34. The molecule has 0 aliphatic heterocycles.